The van der Waals surface area contributed by atoms with Crippen molar-refractivity contribution in [2.24, 2.45) is 0 Å². The molecule has 3 heterocycles. The standard InChI is InChI=1S/C23H26FN5O9/c1-6-23(11-30,34-5)7-8-29-12-25-16-17(26-19(24)28-18(16)29)27-20(32)38-22(3,4)9-15(31)35-10-14-13(2)36-21(33)37-14/h1,12,30H,7-11H2,2-5H3,(H,26,27,28,32). The van der Waals surface area contributed by atoms with E-state index in [-0.39, 0.29) is 54.5 Å². The number of aliphatic hydroxyl groups excluding tert-OH is 1. The molecule has 0 aliphatic carbocycles. The number of hydrogen-bond acceptors (Lipinski definition) is 12. The van der Waals surface area contributed by atoms with Gasteiger partial charge in [0.25, 0.3) is 0 Å². The summed E-state index contributed by atoms with van der Waals surface area (Å²) in [6.07, 6.45) is 4.42. The Labute approximate surface area is 215 Å². The van der Waals surface area contributed by atoms with E-state index in [0.29, 0.717) is 0 Å². The molecule has 0 spiro atoms. The van der Waals surface area contributed by atoms with Crippen LogP contribution in [0.2, 0.25) is 0 Å². The normalized spacial score (nSPS) is 13.1. The average molecular weight is 535 g/mol. The van der Waals surface area contributed by atoms with E-state index in [1.54, 1.807) is 0 Å². The van der Waals surface area contributed by atoms with Gasteiger partial charge in [0.15, 0.2) is 40.7 Å². The van der Waals surface area contributed by atoms with Crippen molar-refractivity contribution in [2.75, 3.05) is 19.0 Å². The Morgan fingerprint density at radius 3 is 2.66 bits per heavy atom. The van der Waals surface area contributed by atoms with E-state index in [0.717, 1.165) is 0 Å². The number of nitrogens with zero attached hydrogens (tertiary/aromatic N) is 4. The molecular formula is C23H26FN5O9. The lowest BCUT2D eigenvalue weighted by Crippen LogP contribution is -2.35. The number of halogens is 1. The van der Waals surface area contributed by atoms with Gasteiger partial charge in [-0.3, -0.25) is 10.1 Å². The minimum atomic E-state index is -1.35. The summed E-state index contributed by atoms with van der Waals surface area (Å²) in [6, 6.07) is 0. The van der Waals surface area contributed by atoms with Gasteiger partial charge in [-0.1, -0.05) is 5.92 Å². The third kappa shape index (κ3) is 6.72. The number of carbonyl (C=O) groups is 2. The maximum atomic E-state index is 14.2. The van der Waals surface area contributed by atoms with E-state index in [1.165, 1.54) is 38.8 Å². The SMILES string of the molecule is C#CC(CO)(CCn1cnc2c(NC(=O)OC(C)(C)CC(=O)OCc3oc(=O)oc3C)nc(F)nc21)OC. The van der Waals surface area contributed by atoms with Crippen LogP contribution in [-0.2, 0) is 32.2 Å². The Kier molecular flexibility index (Phi) is 8.49. The van der Waals surface area contributed by atoms with Gasteiger partial charge in [-0.15, -0.1) is 6.42 Å². The highest BCUT2D eigenvalue weighted by Crippen LogP contribution is 2.23. The molecule has 0 saturated heterocycles. The van der Waals surface area contributed by atoms with Crippen LogP contribution in [0, 0.1) is 25.3 Å². The molecule has 0 fully saturated rings. The molecule has 3 aromatic rings. The number of aliphatic hydroxyl groups is 1. The number of carbonyl (C=O) groups excluding carboxylic acids is 2. The number of esters is 1. The van der Waals surface area contributed by atoms with Gasteiger partial charge in [0.05, 0.1) is 19.4 Å². The van der Waals surface area contributed by atoms with E-state index in [1.807, 2.05) is 0 Å². The predicted octanol–water partition coefficient (Wildman–Crippen LogP) is 1.68. The molecule has 0 aliphatic rings. The Morgan fingerprint density at radius 2 is 2.05 bits per heavy atom. The smallest absolute Gasteiger partial charge is 0.457 e. The number of anilines is 1. The van der Waals surface area contributed by atoms with E-state index in [2.05, 4.69) is 30.6 Å². The fourth-order valence-electron chi connectivity index (χ4n) is 3.35. The molecule has 1 unspecified atom stereocenters. The first-order valence-electron chi connectivity index (χ1n) is 11.2. The fourth-order valence-corrected chi connectivity index (χ4v) is 3.35. The van der Waals surface area contributed by atoms with Crippen LogP contribution in [0.5, 0.6) is 0 Å². The molecule has 0 saturated carbocycles. The molecule has 38 heavy (non-hydrogen) atoms. The molecule has 204 valence electrons. The van der Waals surface area contributed by atoms with Gasteiger partial charge in [-0.2, -0.15) is 14.4 Å². The van der Waals surface area contributed by atoms with Crippen molar-refractivity contribution in [1.82, 2.24) is 19.5 Å². The lowest BCUT2D eigenvalue weighted by molar-refractivity contribution is -0.149. The zero-order valence-electron chi connectivity index (χ0n) is 21.1. The summed E-state index contributed by atoms with van der Waals surface area (Å²) in [7, 11) is 1.36. The summed E-state index contributed by atoms with van der Waals surface area (Å²) in [5, 5.41) is 11.9. The number of ether oxygens (including phenoxy) is 3. The molecule has 14 nitrogen and oxygen atoms in total. The summed E-state index contributed by atoms with van der Waals surface area (Å²) in [5.41, 5.74) is -2.48. The first-order chi connectivity index (χ1) is 17.9. The number of aryl methyl sites for hydroxylation is 2. The molecular weight excluding hydrogens is 509 g/mol. The van der Waals surface area contributed by atoms with Crippen LogP contribution >= 0.6 is 0 Å². The van der Waals surface area contributed by atoms with Crippen molar-refractivity contribution in [1.29, 1.82) is 0 Å². The topological polar surface area (TPSA) is 181 Å². The second-order valence-electron chi connectivity index (χ2n) is 8.75. The van der Waals surface area contributed by atoms with Crippen molar-refractivity contribution < 1.29 is 42.1 Å². The molecule has 0 aromatic carbocycles. The molecule has 1 atom stereocenters. The van der Waals surface area contributed by atoms with Crippen molar-refractivity contribution in [2.45, 2.75) is 58.0 Å². The molecule has 0 bridgehead atoms. The number of fused-ring (bicyclic) bond motifs is 1. The van der Waals surface area contributed by atoms with Crippen molar-refractivity contribution in [3.05, 3.63) is 34.5 Å². The zero-order valence-corrected chi connectivity index (χ0v) is 21.1. The van der Waals surface area contributed by atoms with Crippen molar-refractivity contribution in [3.63, 3.8) is 0 Å². The van der Waals surface area contributed by atoms with Crippen LogP contribution in [0.4, 0.5) is 15.0 Å². The first-order valence-corrected chi connectivity index (χ1v) is 11.2. The molecule has 3 rings (SSSR count). The summed E-state index contributed by atoms with van der Waals surface area (Å²) in [5.74, 6) is 0.678. The number of amides is 1. The van der Waals surface area contributed by atoms with Crippen molar-refractivity contribution in [3.8, 4) is 12.3 Å². The fraction of sp³-hybridized carbons (Fsp3) is 0.478. The molecule has 1 amide bonds. The highest BCUT2D eigenvalue weighted by Gasteiger charge is 2.30. The molecule has 3 aromatic heterocycles. The number of imidazole rings is 1. The summed E-state index contributed by atoms with van der Waals surface area (Å²) in [6.45, 7) is 3.77. The molecule has 15 heteroatoms. The number of aromatic nitrogens is 4. The minimum absolute atomic E-state index is 0.0526. The summed E-state index contributed by atoms with van der Waals surface area (Å²) >= 11 is 0. The van der Waals surface area contributed by atoms with Gasteiger partial charge < -0.3 is 32.7 Å². The van der Waals surface area contributed by atoms with Crippen LogP contribution in [-0.4, -0.2) is 61.6 Å². The number of rotatable bonds is 11. The van der Waals surface area contributed by atoms with Gasteiger partial charge in [0.1, 0.15) is 5.60 Å². The van der Waals surface area contributed by atoms with Crippen LogP contribution in [0.3, 0.4) is 0 Å². The van der Waals surface area contributed by atoms with Crippen LogP contribution in [0.1, 0.15) is 38.2 Å². The number of methoxy groups -OCH3 is 1. The Balaban J connectivity index is 1.65. The van der Waals surface area contributed by atoms with Crippen LogP contribution < -0.4 is 11.1 Å². The maximum absolute atomic E-state index is 14.2. The first kappa shape index (κ1) is 28.3. The van der Waals surface area contributed by atoms with Gasteiger partial charge in [-0.05, 0) is 20.8 Å². The zero-order chi connectivity index (χ0) is 28.1. The summed E-state index contributed by atoms with van der Waals surface area (Å²) < 4.78 is 40.6. The summed E-state index contributed by atoms with van der Waals surface area (Å²) in [4.78, 5) is 47.3. The second kappa shape index (κ2) is 11.4. The monoisotopic (exact) mass is 535 g/mol. The number of hydrogen-bond donors (Lipinski definition) is 2. The van der Waals surface area contributed by atoms with E-state index in [9.17, 15) is 23.9 Å². The van der Waals surface area contributed by atoms with Crippen LogP contribution in [0.25, 0.3) is 11.2 Å². The number of nitrogens with one attached hydrogen (secondary N) is 1. The van der Waals surface area contributed by atoms with Crippen LogP contribution in [0.15, 0.2) is 20.0 Å². The van der Waals surface area contributed by atoms with Gasteiger partial charge in [0.2, 0.25) is 0 Å². The highest BCUT2D eigenvalue weighted by atomic mass is 19.1. The van der Waals surface area contributed by atoms with E-state index >= 15 is 0 Å². The third-order valence-electron chi connectivity index (χ3n) is 5.46. The third-order valence-corrected chi connectivity index (χ3v) is 5.46. The van der Waals surface area contributed by atoms with E-state index in [4.69, 9.17) is 25.1 Å². The van der Waals surface area contributed by atoms with Gasteiger partial charge in [0, 0.05) is 20.1 Å². The minimum Gasteiger partial charge on any atom is -0.457 e. The Hall–Kier alpha value is -4.29. The van der Waals surface area contributed by atoms with Gasteiger partial charge in [-0.25, -0.2) is 14.6 Å². The quantitative estimate of drug-likeness (QED) is 0.206. The lowest BCUT2D eigenvalue weighted by atomic mass is 10.0. The Bertz CT molecular complexity index is 1410. The highest BCUT2D eigenvalue weighted by molar-refractivity contribution is 5.93. The molecule has 0 radical (unpaired) electrons. The average Bonchev–Trinajstić information content (AvgIpc) is 3.39. The Morgan fingerprint density at radius 1 is 1.32 bits per heavy atom. The second-order valence-corrected chi connectivity index (χ2v) is 8.75. The molecule has 2 N–H and O–H groups in total. The number of terminal acetylenes is 1. The maximum Gasteiger partial charge on any atom is 0.519 e. The predicted molar refractivity (Wildman–Crippen MR) is 126 cm³/mol. The molecule has 0 aliphatic heterocycles. The largest absolute Gasteiger partial charge is 0.519 e. The van der Waals surface area contributed by atoms with E-state index < -0.39 is 41.8 Å². The lowest BCUT2D eigenvalue weighted by Gasteiger charge is -2.24. The van der Waals surface area contributed by atoms with Gasteiger partial charge >= 0.3 is 24.0 Å². The van der Waals surface area contributed by atoms with Crippen molar-refractivity contribution >= 4 is 29.0 Å².